The number of carbonyl (C=O) groups is 1. The van der Waals surface area contributed by atoms with Crippen LogP contribution in [0.5, 0.6) is 0 Å². The summed E-state index contributed by atoms with van der Waals surface area (Å²) in [5.41, 5.74) is 0.959. The van der Waals surface area contributed by atoms with Crippen molar-refractivity contribution in [2.24, 2.45) is 17.8 Å². The second-order valence-electron chi connectivity index (χ2n) is 6.81. The van der Waals surface area contributed by atoms with E-state index in [4.69, 9.17) is 0 Å². The van der Waals surface area contributed by atoms with Crippen molar-refractivity contribution in [3.8, 4) is 0 Å². The number of carbonyl (C=O) groups excluding carboxylic acids is 1. The average Bonchev–Trinajstić information content (AvgIpc) is 3.03. The molecule has 0 bridgehead atoms. The summed E-state index contributed by atoms with van der Waals surface area (Å²) >= 11 is 0. The van der Waals surface area contributed by atoms with E-state index in [-0.39, 0.29) is 29.8 Å². The number of nitrogens with one attached hydrogen (secondary N) is 1. The van der Waals surface area contributed by atoms with Crippen molar-refractivity contribution in [2.75, 3.05) is 6.54 Å². The standard InChI is InChI=1S/C17H23FN2O/c1-10(2)15-17(21)20(9-13-8-11(13)3)16(19-15)12-4-6-14(18)7-5-12/h4-7,10-11,13,15-16,19H,8-9H2,1-3H3. The molecule has 0 spiro atoms. The van der Waals surface area contributed by atoms with Gasteiger partial charge in [-0.25, -0.2) is 4.39 Å². The lowest BCUT2D eigenvalue weighted by atomic mass is 10.0. The van der Waals surface area contributed by atoms with E-state index in [0.29, 0.717) is 11.8 Å². The van der Waals surface area contributed by atoms with Crippen molar-refractivity contribution in [3.05, 3.63) is 35.6 Å². The first-order chi connectivity index (χ1) is 9.97. The Kier molecular flexibility index (Phi) is 3.74. The summed E-state index contributed by atoms with van der Waals surface area (Å²) < 4.78 is 13.1. The molecule has 21 heavy (non-hydrogen) atoms. The van der Waals surface area contributed by atoms with Crippen LogP contribution >= 0.6 is 0 Å². The fourth-order valence-electron chi connectivity index (χ4n) is 3.14. The molecule has 0 aromatic heterocycles. The maximum Gasteiger partial charge on any atom is 0.241 e. The van der Waals surface area contributed by atoms with E-state index in [0.717, 1.165) is 12.1 Å². The van der Waals surface area contributed by atoms with Gasteiger partial charge in [0.15, 0.2) is 0 Å². The summed E-state index contributed by atoms with van der Waals surface area (Å²) in [6, 6.07) is 6.32. The van der Waals surface area contributed by atoms with Crippen LogP contribution in [-0.2, 0) is 4.79 Å². The third-order valence-corrected chi connectivity index (χ3v) is 4.76. The third kappa shape index (κ3) is 2.82. The first kappa shape index (κ1) is 14.5. The van der Waals surface area contributed by atoms with Crippen LogP contribution in [0.25, 0.3) is 0 Å². The summed E-state index contributed by atoms with van der Waals surface area (Å²) in [5.74, 6) is 1.51. The molecule has 4 atom stereocenters. The second-order valence-corrected chi connectivity index (χ2v) is 6.81. The van der Waals surface area contributed by atoms with Gasteiger partial charge in [-0.3, -0.25) is 10.1 Å². The van der Waals surface area contributed by atoms with Gasteiger partial charge in [0.2, 0.25) is 5.91 Å². The van der Waals surface area contributed by atoms with Crippen LogP contribution < -0.4 is 5.32 Å². The van der Waals surface area contributed by atoms with Crippen LogP contribution in [0, 0.1) is 23.6 Å². The molecule has 1 aliphatic heterocycles. The average molecular weight is 290 g/mol. The molecule has 1 aromatic carbocycles. The minimum atomic E-state index is -0.245. The zero-order valence-electron chi connectivity index (χ0n) is 12.8. The number of nitrogens with zero attached hydrogens (tertiary/aromatic N) is 1. The predicted octanol–water partition coefficient (Wildman–Crippen LogP) is 2.94. The summed E-state index contributed by atoms with van der Waals surface area (Å²) in [6.45, 7) is 7.14. The number of amides is 1. The Bertz CT molecular complexity index is 528. The smallest absolute Gasteiger partial charge is 0.241 e. The highest BCUT2D eigenvalue weighted by molar-refractivity contribution is 5.85. The minimum Gasteiger partial charge on any atom is -0.321 e. The molecule has 1 saturated carbocycles. The van der Waals surface area contributed by atoms with Crippen LogP contribution in [0.2, 0.25) is 0 Å². The first-order valence-corrected chi connectivity index (χ1v) is 7.79. The molecule has 2 fully saturated rings. The largest absolute Gasteiger partial charge is 0.321 e. The normalized spacial score (nSPS) is 32.0. The van der Waals surface area contributed by atoms with Crippen molar-refractivity contribution < 1.29 is 9.18 Å². The molecule has 4 unspecified atom stereocenters. The van der Waals surface area contributed by atoms with Gasteiger partial charge in [0.25, 0.3) is 0 Å². The van der Waals surface area contributed by atoms with Crippen molar-refractivity contribution >= 4 is 5.91 Å². The van der Waals surface area contributed by atoms with Gasteiger partial charge in [0.05, 0.1) is 6.04 Å². The molecule has 1 aromatic rings. The lowest BCUT2D eigenvalue weighted by Crippen LogP contribution is -2.35. The topological polar surface area (TPSA) is 32.3 Å². The SMILES string of the molecule is CC(C)C1NC(c2ccc(F)cc2)N(CC2CC2C)C1=O. The highest BCUT2D eigenvalue weighted by Crippen LogP contribution is 2.41. The molecule has 114 valence electrons. The van der Waals surface area contributed by atoms with E-state index in [1.54, 1.807) is 12.1 Å². The van der Waals surface area contributed by atoms with E-state index in [1.165, 1.54) is 18.6 Å². The maximum absolute atomic E-state index is 13.1. The van der Waals surface area contributed by atoms with Gasteiger partial charge < -0.3 is 4.90 Å². The second kappa shape index (κ2) is 5.41. The fraction of sp³-hybridized carbons (Fsp3) is 0.588. The van der Waals surface area contributed by atoms with Crippen molar-refractivity contribution in [2.45, 2.75) is 39.4 Å². The molecule has 2 aliphatic rings. The molecule has 1 saturated heterocycles. The lowest BCUT2D eigenvalue weighted by molar-refractivity contribution is -0.131. The Labute approximate surface area is 125 Å². The summed E-state index contributed by atoms with van der Waals surface area (Å²) in [6.07, 6.45) is 1.07. The Morgan fingerprint density at radius 1 is 1.33 bits per heavy atom. The van der Waals surface area contributed by atoms with E-state index >= 15 is 0 Å². The Balaban J connectivity index is 1.84. The number of benzene rings is 1. The molecule has 0 radical (unpaired) electrons. The Hall–Kier alpha value is -1.42. The maximum atomic E-state index is 13.1. The highest BCUT2D eigenvalue weighted by atomic mass is 19.1. The van der Waals surface area contributed by atoms with E-state index in [1.807, 2.05) is 4.90 Å². The Morgan fingerprint density at radius 2 is 1.95 bits per heavy atom. The quantitative estimate of drug-likeness (QED) is 0.924. The number of halogens is 1. The van der Waals surface area contributed by atoms with Gasteiger partial charge >= 0.3 is 0 Å². The molecule has 1 aliphatic carbocycles. The molecule has 4 heteroatoms. The van der Waals surface area contributed by atoms with Crippen molar-refractivity contribution in [1.29, 1.82) is 0 Å². The third-order valence-electron chi connectivity index (χ3n) is 4.76. The molecule has 1 amide bonds. The number of hydrogen-bond donors (Lipinski definition) is 1. The van der Waals surface area contributed by atoms with E-state index < -0.39 is 0 Å². The molecular formula is C17H23FN2O. The van der Waals surface area contributed by atoms with E-state index in [2.05, 4.69) is 26.1 Å². The molecular weight excluding hydrogens is 267 g/mol. The predicted molar refractivity (Wildman–Crippen MR) is 79.9 cm³/mol. The van der Waals surface area contributed by atoms with Gasteiger partial charge in [0.1, 0.15) is 12.0 Å². The number of rotatable bonds is 4. The van der Waals surface area contributed by atoms with Crippen molar-refractivity contribution in [3.63, 3.8) is 0 Å². The molecule has 3 rings (SSSR count). The van der Waals surface area contributed by atoms with Gasteiger partial charge in [0, 0.05) is 6.54 Å². The van der Waals surface area contributed by atoms with Crippen molar-refractivity contribution in [1.82, 2.24) is 10.2 Å². The lowest BCUT2D eigenvalue weighted by Gasteiger charge is -2.24. The zero-order chi connectivity index (χ0) is 15.1. The zero-order valence-corrected chi connectivity index (χ0v) is 12.8. The summed E-state index contributed by atoms with van der Waals surface area (Å²) in [5, 5.41) is 3.43. The van der Waals surface area contributed by atoms with Crippen LogP contribution in [-0.4, -0.2) is 23.4 Å². The van der Waals surface area contributed by atoms with Crippen LogP contribution in [0.1, 0.15) is 38.9 Å². The fourth-order valence-corrected chi connectivity index (χ4v) is 3.14. The monoisotopic (exact) mass is 290 g/mol. The highest BCUT2D eigenvalue weighted by Gasteiger charge is 2.44. The van der Waals surface area contributed by atoms with E-state index in [9.17, 15) is 9.18 Å². The van der Waals surface area contributed by atoms with Gasteiger partial charge in [-0.05, 0) is 41.9 Å². The van der Waals surface area contributed by atoms with Gasteiger partial charge in [-0.2, -0.15) is 0 Å². The summed E-state index contributed by atoms with van der Waals surface area (Å²) in [4.78, 5) is 14.6. The first-order valence-electron chi connectivity index (χ1n) is 7.79. The van der Waals surface area contributed by atoms with Gasteiger partial charge in [-0.15, -0.1) is 0 Å². The van der Waals surface area contributed by atoms with Crippen LogP contribution in [0.4, 0.5) is 4.39 Å². The minimum absolute atomic E-state index is 0.127. The molecule has 1 N–H and O–H groups in total. The van der Waals surface area contributed by atoms with Crippen LogP contribution in [0.3, 0.4) is 0 Å². The van der Waals surface area contributed by atoms with Crippen LogP contribution in [0.15, 0.2) is 24.3 Å². The molecule has 3 nitrogen and oxygen atoms in total. The summed E-state index contributed by atoms with van der Waals surface area (Å²) in [7, 11) is 0. The molecule has 1 heterocycles. The van der Waals surface area contributed by atoms with Gasteiger partial charge in [-0.1, -0.05) is 32.9 Å². The number of hydrogen-bond acceptors (Lipinski definition) is 2. The Morgan fingerprint density at radius 3 is 2.48 bits per heavy atom.